The van der Waals surface area contributed by atoms with Crippen LogP contribution in [0.15, 0.2) is 24.3 Å². The molecule has 0 radical (unpaired) electrons. The van der Waals surface area contributed by atoms with Crippen LogP contribution in [0.4, 0.5) is 9.39 Å². The Morgan fingerprint density at radius 1 is 1.39 bits per heavy atom. The molecule has 1 atom stereocenters. The van der Waals surface area contributed by atoms with Crippen molar-refractivity contribution in [2.24, 2.45) is 11.3 Å². The smallest absolute Gasteiger partial charge is 0.248 e. The van der Waals surface area contributed by atoms with Crippen molar-refractivity contribution in [3.8, 4) is 17.5 Å². The van der Waals surface area contributed by atoms with E-state index in [-0.39, 0.29) is 29.3 Å². The van der Waals surface area contributed by atoms with Crippen molar-refractivity contribution in [2.45, 2.75) is 46.6 Å². The second kappa shape index (κ2) is 8.19. The fourth-order valence-electron chi connectivity index (χ4n) is 3.89. The van der Waals surface area contributed by atoms with Crippen molar-refractivity contribution in [2.75, 3.05) is 5.32 Å². The van der Waals surface area contributed by atoms with Crippen LogP contribution in [0, 0.1) is 28.5 Å². The molecule has 1 aliphatic carbocycles. The first-order valence-electron chi connectivity index (χ1n) is 10.1. The normalized spacial score (nSPS) is 15.9. The summed E-state index contributed by atoms with van der Waals surface area (Å²) < 4.78 is 13.9. The highest BCUT2D eigenvalue weighted by molar-refractivity contribution is 7.16. The van der Waals surface area contributed by atoms with Crippen LogP contribution in [0.1, 0.15) is 43.2 Å². The minimum absolute atomic E-state index is 0.114. The largest absolute Gasteiger partial charge is 0.315 e. The lowest BCUT2D eigenvalue weighted by Gasteiger charge is -2.33. The maximum atomic E-state index is 13.9. The van der Waals surface area contributed by atoms with E-state index in [1.165, 1.54) is 22.3 Å². The zero-order valence-corrected chi connectivity index (χ0v) is 18.5. The van der Waals surface area contributed by atoms with Gasteiger partial charge in [-0.25, -0.2) is 4.39 Å². The van der Waals surface area contributed by atoms with Gasteiger partial charge in [-0.2, -0.15) is 10.1 Å². The van der Waals surface area contributed by atoms with Gasteiger partial charge < -0.3 is 5.32 Å². The summed E-state index contributed by atoms with van der Waals surface area (Å²) in [5.74, 6) is -0.156. The Morgan fingerprint density at radius 3 is 2.87 bits per heavy atom. The number of carbonyl (C=O) groups excluding carboxylic acids is 1. The van der Waals surface area contributed by atoms with Gasteiger partial charge in [0.2, 0.25) is 11.7 Å². The summed E-state index contributed by atoms with van der Waals surface area (Å²) in [5.41, 5.74) is 2.04. The van der Waals surface area contributed by atoms with Gasteiger partial charge >= 0.3 is 0 Å². The Morgan fingerprint density at radius 2 is 2.16 bits per heavy atom. The van der Waals surface area contributed by atoms with Crippen LogP contribution in [0.25, 0.3) is 11.4 Å². The van der Waals surface area contributed by atoms with Crippen LogP contribution < -0.4 is 5.32 Å². The number of aromatic nitrogens is 4. The first-order chi connectivity index (χ1) is 14.8. The number of nitrogens with one attached hydrogen (secondary N) is 1. The summed E-state index contributed by atoms with van der Waals surface area (Å²) in [7, 11) is 0. The molecule has 4 rings (SSSR count). The van der Waals surface area contributed by atoms with Crippen LogP contribution >= 0.6 is 11.3 Å². The highest BCUT2D eigenvalue weighted by atomic mass is 32.1. The first kappa shape index (κ1) is 21.1. The van der Waals surface area contributed by atoms with Crippen molar-refractivity contribution in [3.05, 3.63) is 46.1 Å². The predicted octanol–water partition coefficient (Wildman–Crippen LogP) is 4.20. The van der Waals surface area contributed by atoms with Crippen LogP contribution in [0.3, 0.4) is 0 Å². The minimum atomic E-state index is -0.456. The lowest BCUT2D eigenvalue weighted by atomic mass is 9.72. The average molecular weight is 439 g/mol. The van der Waals surface area contributed by atoms with Crippen molar-refractivity contribution in [3.63, 3.8) is 0 Å². The summed E-state index contributed by atoms with van der Waals surface area (Å²) in [6.07, 6.45) is 2.81. The number of nitrogens with zero attached hydrogens (tertiary/aromatic N) is 5. The number of hydrogen-bond donors (Lipinski definition) is 1. The number of benzene rings is 1. The second-order valence-electron chi connectivity index (χ2n) is 8.80. The number of thiophene rings is 1. The fraction of sp³-hybridized carbons (Fsp3) is 0.409. The number of amides is 1. The molecule has 2 heterocycles. The maximum Gasteiger partial charge on any atom is 0.248 e. The monoisotopic (exact) mass is 438 g/mol. The molecule has 31 heavy (non-hydrogen) atoms. The lowest BCUT2D eigenvalue weighted by Crippen LogP contribution is -2.26. The summed E-state index contributed by atoms with van der Waals surface area (Å²) in [6, 6.07) is 8.38. The summed E-state index contributed by atoms with van der Waals surface area (Å²) in [4.78, 5) is 14.9. The topological polar surface area (TPSA) is 96.5 Å². The molecule has 0 unspecified atom stereocenters. The molecule has 7 nitrogen and oxygen atoms in total. The second-order valence-corrected chi connectivity index (χ2v) is 9.90. The van der Waals surface area contributed by atoms with Gasteiger partial charge in [0.1, 0.15) is 23.4 Å². The first-order valence-corrected chi connectivity index (χ1v) is 10.9. The van der Waals surface area contributed by atoms with E-state index in [1.807, 2.05) is 0 Å². The molecule has 3 aromatic rings. The number of fused-ring (bicyclic) bond motifs is 1. The Kier molecular flexibility index (Phi) is 5.58. The van der Waals surface area contributed by atoms with Gasteiger partial charge in [-0.05, 0) is 53.5 Å². The van der Waals surface area contributed by atoms with Gasteiger partial charge in [0, 0.05) is 4.88 Å². The van der Waals surface area contributed by atoms with Crippen molar-refractivity contribution in [1.82, 2.24) is 20.2 Å². The molecule has 0 saturated carbocycles. The minimum Gasteiger partial charge on any atom is -0.315 e. The van der Waals surface area contributed by atoms with Gasteiger partial charge in [0.05, 0.1) is 11.1 Å². The van der Waals surface area contributed by atoms with E-state index in [4.69, 9.17) is 0 Å². The van der Waals surface area contributed by atoms with E-state index in [9.17, 15) is 14.4 Å². The Labute approximate surface area is 183 Å². The van der Waals surface area contributed by atoms with Gasteiger partial charge in [0.25, 0.3) is 0 Å². The highest BCUT2D eigenvalue weighted by Gasteiger charge is 2.32. The van der Waals surface area contributed by atoms with E-state index >= 15 is 0 Å². The van der Waals surface area contributed by atoms with Crippen molar-refractivity contribution < 1.29 is 9.18 Å². The maximum absolute atomic E-state index is 13.9. The van der Waals surface area contributed by atoms with E-state index in [2.05, 4.69) is 47.6 Å². The lowest BCUT2D eigenvalue weighted by molar-refractivity contribution is -0.117. The number of tetrazole rings is 1. The fourth-order valence-corrected chi connectivity index (χ4v) is 5.18. The number of anilines is 1. The van der Waals surface area contributed by atoms with E-state index in [0.29, 0.717) is 16.5 Å². The number of halogens is 1. The third-order valence-electron chi connectivity index (χ3n) is 5.71. The quantitative estimate of drug-likeness (QED) is 0.658. The summed E-state index contributed by atoms with van der Waals surface area (Å²) in [6.45, 7) is 6.54. The molecule has 1 amide bonds. The van der Waals surface area contributed by atoms with Crippen LogP contribution in [-0.4, -0.2) is 26.1 Å². The molecule has 0 bridgehead atoms. The number of hydrogen-bond acceptors (Lipinski definition) is 6. The third kappa shape index (κ3) is 4.35. The Balaban J connectivity index is 1.48. The number of rotatable bonds is 4. The van der Waals surface area contributed by atoms with Gasteiger partial charge in [0.15, 0.2) is 0 Å². The van der Waals surface area contributed by atoms with Crippen LogP contribution in [0.5, 0.6) is 0 Å². The number of carbonyl (C=O) groups is 1. The third-order valence-corrected chi connectivity index (χ3v) is 6.88. The summed E-state index contributed by atoms with van der Waals surface area (Å²) >= 11 is 1.48. The molecule has 1 aliphatic rings. The zero-order valence-electron chi connectivity index (χ0n) is 17.6. The van der Waals surface area contributed by atoms with Crippen molar-refractivity contribution in [1.29, 1.82) is 5.26 Å². The van der Waals surface area contributed by atoms with E-state index in [0.717, 1.165) is 29.6 Å². The molecular formula is C22H23FN6OS. The molecule has 160 valence electrons. The highest BCUT2D eigenvalue weighted by Crippen LogP contribution is 2.43. The van der Waals surface area contributed by atoms with E-state index < -0.39 is 5.82 Å². The molecular weight excluding hydrogens is 415 g/mol. The van der Waals surface area contributed by atoms with Gasteiger partial charge in [-0.15, -0.1) is 21.5 Å². The van der Waals surface area contributed by atoms with Gasteiger partial charge in [-0.3, -0.25) is 4.79 Å². The molecule has 9 heteroatoms. The van der Waals surface area contributed by atoms with Crippen LogP contribution in [-0.2, 0) is 24.2 Å². The molecule has 0 fully saturated rings. The zero-order chi connectivity index (χ0) is 22.2. The molecule has 1 N–H and O–H groups in total. The molecule has 2 aromatic heterocycles. The Hall–Kier alpha value is -3.12. The standard InChI is InChI=1S/C22H23FN6OS/c1-22(2,3)13-8-9-14-16(11-24)21(31-18(14)10-13)25-19(30)12-29-27-20(26-28-29)15-6-4-5-7-17(15)23/h4-7,13H,8-10,12H2,1-3H3,(H,25,30)/t13-/m1/s1. The summed E-state index contributed by atoms with van der Waals surface area (Å²) in [5, 5.41) is 24.9. The average Bonchev–Trinajstić information content (AvgIpc) is 3.30. The molecule has 0 aliphatic heterocycles. The van der Waals surface area contributed by atoms with Crippen LogP contribution in [0.2, 0.25) is 0 Å². The molecule has 1 aromatic carbocycles. The SMILES string of the molecule is CC(C)(C)[C@@H]1CCc2c(sc(NC(=O)Cn3nnc(-c4ccccc4F)n3)c2C#N)C1. The van der Waals surface area contributed by atoms with Crippen molar-refractivity contribution >= 4 is 22.2 Å². The molecule has 0 saturated heterocycles. The van der Waals surface area contributed by atoms with Gasteiger partial charge in [-0.1, -0.05) is 32.9 Å². The van der Waals surface area contributed by atoms with E-state index in [1.54, 1.807) is 18.2 Å². The Bertz CT molecular complexity index is 1170. The number of nitriles is 1. The molecule has 0 spiro atoms. The predicted molar refractivity (Wildman–Crippen MR) is 116 cm³/mol.